The van der Waals surface area contributed by atoms with Crippen molar-refractivity contribution in [3.05, 3.63) is 65.2 Å². The summed E-state index contributed by atoms with van der Waals surface area (Å²) < 4.78 is 31.3. The van der Waals surface area contributed by atoms with Crippen LogP contribution in [0, 0.1) is 11.6 Å². The van der Waals surface area contributed by atoms with Crippen molar-refractivity contribution >= 4 is 0 Å². The first-order chi connectivity index (χ1) is 11.1. The van der Waals surface area contributed by atoms with Gasteiger partial charge >= 0.3 is 0 Å². The van der Waals surface area contributed by atoms with E-state index in [-0.39, 0.29) is 0 Å². The Labute approximate surface area is 134 Å². The van der Waals surface area contributed by atoms with E-state index in [1.165, 1.54) is 12.1 Å². The van der Waals surface area contributed by atoms with Crippen molar-refractivity contribution in [2.75, 3.05) is 13.7 Å². The van der Waals surface area contributed by atoms with Gasteiger partial charge in [-0.3, -0.25) is 0 Å². The molecule has 5 heteroatoms. The van der Waals surface area contributed by atoms with Crippen LogP contribution in [0.3, 0.4) is 0 Å². The van der Waals surface area contributed by atoms with E-state index in [0.29, 0.717) is 31.5 Å². The summed E-state index contributed by atoms with van der Waals surface area (Å²) >= 11 is 0. The van der Waals surface area contributed by atoms with Crippen LogP contribution in [0.15, 0.2) is 42.5 Å². The minimum absolute atomic E-state index is 0.412. The van der Waals surface area contributed by atoms with Crippen LogP contribution >= 0.6 is 0 Å². The maximum Gasteiger partial charge on any atom is 0.126 e. The molecule has 1 unspecified atom stereocenters. The van der Waals surface area contributed by atoms with E-state index < -0.39 is 17.7 Å². The SMILES string of the molecule is COc1cccc(CNCC(O)CCc2cc(F)cc(F)c2)c1. The van der Waals surface area contributed by atoms with Crippen LogP contribution in [0.4, 0.5) is 8.78 Å². The summed E-state index contributed by atoms with van der Waals surface area (Å²) in [5.41, 5.74) is 1.61. The van der Waals surface area contributed by atoms with E-state index >= 15 is 0 Å². The van der Waals surface area contributed by atoms with Gasteiger partial charge in [0.15, 0.2) is 0 Å². The van der Waals surface area contributed by atoms with E-state index in [0.717, 1.165) is 17.4 Å². The Morgan fingerprint density at radius 1 is 1.09 bits per heavy atom. The molecule has 3 nitrogen and oxygen atoms in total. The second kappa shape index (κ2) is 8.60. The van der Waals surface area contributed by atoms with Crippen molar-refractivity contribution in [2.45, 2.75) is 25.5 Å². The Hall–Kier alpha value is -1.98. The molecule has 0 aliphatic heterocycles. The Bertz CT molecular complexity index is 614. The zero-order valence-corrected chi connectivity index (χ0v) is 13.1. The van der Waals surface area contributed by atoms with Gasteiger partial charge in [0.25, 0.3) is 0 Å². The average molecular weight is 321 g/mol. The Kier molecular flexibility index (Phi) is 6.50. The summed E-state index contributed by atoms with van der Waals surface area (Å²) in [7, 11) is 1.62. The molecule has 2 N–H and O–H groups in total. The number of hydrogen-bond acceptors (Lipinski definition) is 3. The van der Waals surface area contributed by atoms with Gasteiger partial charge in [0.2, 0.25) is 0 Å². The van der Waals surface area contributed by atoms with Gasteiger partial charge in [0, 0.05) is 19.2 Å². The topological polar surface area (TPSA) is 41.5 Å². The average Bonchev–Trinajstić information content (AvgIpc) is 2.52. The quantitative estimate of drug-likeness (QED) is 0.785. The number of aliphatic hydroxyl groups excluding tert-OH is 1. The molecule has 0 aromatic heterocycles. The number of aryl methyl sites for hydroxylation is 1. The molecule has 0 spiro atoms. The molecule has 124 valence electrons. The van der Waals surface area contributed by atoms with E-state index in [9.17, 15) is 13.9 Å². The molecule has 0 bridgehead atoms. The van der Waals surface area contributed by atoms with Gasteiger partial charge in [-0.15, -0.1) is 0 Å². The molecule has 0 radical (unpaired) electrons. The fourth-order valence-corrected chi connectivity index (χ4v) is 2.36. The smallest absolute Gasteiger partial charge is 0.126 e. The molecule has 0 heterocycles. The first-order valence-electron chi connectivity index (χ1n) is 7.53. The van der Waals surface area contributed by atoms with Gasteiger partial charge in [-0.1, -0.05) is 12.1 Å². The number of aliphatic hydroxyl groups is 1. The number of methoxy groups -OCH3 is 1. The fraction of sp³-hybridized carbons (Fsp3) is 0.333. The molecule has 0 saturated heterocycles. The fourth-order valence-electron chi connectivity index (χ4n) is 2.36. The van der Waals surface area contributed by atoms with E-state index in [1.54, 1.807) is 7.11 Å². The maximum absolute atomic E-state index is 13.1. The Morgan fingerprint density at radius 3 is 2.52 bits per heavy atom. The number of benzene rings is 2. The minimum atomic E-state index is -0.592. The highest BCUT2D eigenvalue weighted by Gasteiger charge is 2.07. The standard InChI is InChI=1S/C18H21F2NO2/c1-23-18-4-2-3-14(9-18)11-21-12-17(22)6-5-13-7-15(19)10-16(20)8-13/h2-4,7-10,17,21-22H,5-6,11-12H2,1H3. The summed E-state index contributed by atoms with van der Waals surface area (Å²) in [5, 5.41) is 13.1. The highest BCUT2D eigenvalue weighted by molar-refractivity contribution is 5.28. The largest absolute Gasteiger partial charge is 0.497 e. The third-order valence-corrected chi connectivity index (χ3v) is 3.53. The lowest BCUT2D eigenvalue weighted by Crippen LogP contribution is -2.26. The maximum atomic E-state index is 13.1. The van der Waals surface area contributed by atoms with Crippen LogP contribution < -0.4 is 10.1 Å². The monoisotopic (exact) mass is 321 g/mol. The van der Waals surface area contributed by atoms with E-state index in [1.807, 2.05) is 24.3 Å². The molecular weight excluding hydrogens is 300 g/mol. The number of rotatable bonds is 8. The molecule has 0 saturated carbocycles. The molecular formula is C18H21F2NO2. The minimum Gasteiger partial charge on any atom is -0.497 e. The molecule has 0 aliphatic rings. The van der Waals surface area contributed by atoms with Crippen LogP contribution in [0.1, 0.15) is 17.5 Å². The van der Waals surface area contributed by atoms with Crippen LogP contribution in [-0.2, 0) is 13.0 Å². The van der Waals surface area contributed by atoms with E-state index in [4.69, 9.17) is 4.74 Å². The summed E-state index contributed by atoms with van der Waals surface area (Å²) in [4.78, 5) is 0. The third kappa shape index (κ3) is 5.96. The number of hydrogen-bond donors (Lipinski definition) is 2. The molecule has 2 aromatic rings. The van der Waals surface area contributed by atoms with Crippen molar-refractivity contribution in [3.8, 4) is 5.75 Å². The lowest BCUT2D eigenvalue weighted by Gasteiger charge is -2.12. The van der Waals surface area contributed by atoms with Gasteiger partial charge in [0.1, 0.15) is 17.4 Å². The Morgan fingerprint density at radius 2 is 1.83 bits per heavy atom. The van der Waals surface area contributed by atoms with E-state index in [2.05, 4.69) is 5.32 Å². The highest BCUT2D eigenvalue weighted by atomic mass is 19.1. The normalized spacial score (nSPS) is 12.2. The van der Waals surface area contributed by atoms with Crippen molar-refractivity contribution in [2.24, 2.45) is 0 Å². The molecule has 0 fully saturated rings. The lowest BCUT2D eigenvalue weighted by molar-refractivity contribution is 0.161. The van der Waals surface area contributed by atoms with Gasteiger partial charge < -0.3 is 15.2 Å². The molecule has 23 heavy (non-hydrogen) atoms. The molecule has 2 rings (SSSR count). The first-order valence-corrected chi connectivity index (χ1v) is 7.53. The second-order valence-electron chi connectivity index (χ2n) is 5.45. The van der Waals surface area contributed by atoms with Crippen LogP contribution in [0.5, 0.6) is 5.75 Å². The van der Waals surface area contributed by atoms with Crippen molar-refractivity contribution in [3.63, 3.8) is 0 Å². The number of nitrogens with one attached hydrogen (secondary N) is 1. The van der Waals surface area contributed by atoms with Crippen LogP contribution in [0.25, 0.3) is 0 Å². The van der Waals surface area contributed by atoms with Crippen LogP contribution in [-0.4, -0.2) is 24.9 Å². The summed E-state index contributed by atoms with van der Waals surface area (Å²) in [6, 6.07) is 11.1. The lowest BCUT2D eigenvalue weighted by atomic mass is 10.1. The van der Waals surface area contributed by atoms with Gasteiger partial charge in [-0.25, -0.2) is 8.78 Å². The number of halogens is 2. The molecule has 0 amide bonds. The van der Waals surface area contributed by atoms with Gasteiger partial charge in [0.05, 0.1) is 13.2 Å². The van der Waals surface area contributed by atoms with Crippen molar-refractivity contribution in [1.82, 2.24) is 5.32 Å². The molecule has 1 atom stereocenters. The van der Waals surface area contributed by atoms with Gasteiger partial charge in [-0.2, -0.15) is 0 Å². The summed E-state index contributed by atoms with van der Waals surface area (Å²) in [5.74, 6) is -0.394. The van der Waals surface area contributed by atoms with Crippen molar-refractivity contribution < 1.29 is 18.6 Å². The highest BCUT2D eigenvalue weighted by Crippen LogP contribution is 2.13. The zero-order chi connectivity index (χ0) is 16.7. The summed E-state index contributed by atoms with van der Waals surface area (Å²) in [6.07, 6.45) is 0.289. The van der Waals surface area contributed by atoms with Gasteiger partial charge in [-0.05, 0) is 48.2 Å². The molecule has 2 aromatic carbocycles. The second-order valence-corrected chi connectivity index (χ2v) is 5.45. The van der Waals surface area contributed by atoms with Crippen molar-refractivity contribution in [1.29, 1.82) is 0 Å². The Balaban J connectivity index is 1.73. The predicted molar refractivity (Wildman–Crippen MR) is 85.4 cm³/mol. The summed E-state index contributed by atoms with van der Waals surface area (Å²) in [6.45, 7) is 1.03. The first kappa shape index (κ1) is 17.4. The zero-order valence-electron chi connectivity index (χ0n) is 13.1. The third-order valence-electron chi connectivity index (χ3n) is 3.53. The molecule has 0 aliphatic carbocycles. The predicted octanol–water partition coefficient (Wildman–Crippen LogP) is 3.06. The number of ether oxygens (including phenoxy) is 1. The van der Waals surface area contributed by atoms with Crippen LogP contribution in [0.2, 0.25) is 0 Å².